The van der Waals surface area contributed by atoms with E-state index in [1.807, 2.05) is 23.6 Å². The molecule has 0 aliphatic carbocycles. The summed E-state index contributed by atoms with van der Waals surface area (Å²) >= 11 is 2.84. The Bertz CT molecular complexity index is 1050. The number of benzene rings is 2. The standard InChI is InChI=1S/C20H18F3N3O3S2/c21-20(22,23)12-1-3-15(14(9-12)17(28)11-27)26-6-7-29-18-10-13(2-4-16(18)26)31-25-19-24-5-8-30-19/h1-5,8-10,17,27-28H,6-7,11H2,(H,24,25). The predicted octanol–water partition coefficient (Wildman–Crippen LogP) is 4.84. The van der Waals surface area contributed by atoms with E-state index in [9.17, 15) is 23.4 Å². The first-order valence-corrected chi connectivity index (χ1v) is 10.9. The molecule has 0 fully saturated rings. The van der Waals surface area contributed by atoms with Crippen LogP contribution in [0.25, 0.3) is 0 Å². The van der Waals surface area contributed by atoms with E-state index in [1.165, 1.54) is 29.4 Å². The molecule has 0 saturated carbocycles. The van der Waals surface area contributed by atoms with Crippen molar-refractivity contribution in [2.24, 2.45) is 0 Å². The molecule has 1 aromatic heterocycles. The lowest BCUT2D eigenvalue weighted by Crippen LogP contribution is -2.30. The SMILES string of the molecule is OCC(O)c1cc(C(F)(F)F)ccc1N1CCOc2cc(SNc3nccs3)ccc21. The molecule has 3 aromatic rings. The number of hydrogen-bond acceptors (Lipinski definition) is 8. The molecule has 1 aliphatic heterocycles. The Balaban J connectivity index is 1.65. The zero-order valence-corrected chi connectivity index (χ0v) is 17.6. The van der Waals surface area contributed by atoms with Gasteiger partial charge in [-0.05, 0) is 48.3 Å². The van der Waals surface area contributed by atoms with Gasteiger partial charge in [0.05, 0.1) is 24.4 Å². The van der Waals surface area contributed by atoms with Gasteiger partial charge in [-0.15, -0.1) is 11.3 Å². The van der Waals surface area contributed by atoms with Crippen LogP contribution < -0.4 is 14.4 Å². The van der Waals surface area contributed by atoms with Gasteiger partial charge < -0.3 is 24.6 Å². The minimum absolute atomic E-state index is 0.00839. The number of nitrogens with zero attached hydrogens (tertiary/aromatic N) is 2. The summed E-state index contributed by atoms with van der Waals surface area (Å²) in [5.41, 5.74) is 0.178. The van der Waals surface area contributed by atoms with Crippen molar-refractivity contribution in [3.63, 3.8) is 0 Å². The number of fused-ring (bicyclic) bond motifs is 1. The van der Waals surface area contributed by atoms with E-state index in [0.717, 1.165) is 22.2 Å². The number of aromatic nitrogens is 1. The minimum atomic E-state index is -4.55. The van der Waals surface area contributed by atoms with Crippen molar-refractivity contribution in [2.75, 3.05) is 29.4 Å². The monoisotopic (exact) mass is 469 g/mol. The van der Waals surface area contributed by atoms with Gasteiger partial charge in [-0.3, -0.25) is 0 Å². The van der Waals surface area contributed by atoms with E-state index in [1.54, 1.807) is 11.1 Å². The lowest BCUT2D eigenvalue weighted by molar-refractivity contribution is -0.137. The van der Waals surface area contributed by atoms with Crippen molar-refractivity contribution in [2.45, 2.75) is 17.2 Å². The number of anilines is 3. The maximum Gasteiger partial charge on any atom is 0.416 e. The molecule has 4 rings (SSSR count). The van der Waals surface area contributed by atoms with Gasteiger partial charge in [-0.1, -0.05) is 0 Å². The van der Waals surface area contributed by atoms with Crippen LogP contribution in [0.4, 0.5) is 29.7 Å². The highest BCUT2D eigenvalue weighted by molar-refractivity contribution is 8.00. The lowest BCUT2D eigenvalue weighted by atomic mass is 10.0. The maximum absolute atomic E-state index is 13.2. The number of ether oxygens (including phenoxy) is 1. The van der Waals surface area contributed by atoms with Crippen LogP contribution in [-0.4, -0.2) is 35.0 Å². The van der Waals surface area contributed by atoms with Crippen molar-refractivity contribution in [1.82, 2.24) is 4.98 Å². The van der Waals surface area contributed by atoms with Gasteiger partial charge in [0.25, 0.3) is 0 Å². The molecule has 0 amide bonds. The average molecular weight is 470 g/mol. The topological polar surface area (TPSA) is 77.9 Å². The predicted molar refractivity (Wildman–Crippen MR) is 114 cm³/mol. The Labute approximate surface area is 184 Å². The highest BCUT2D eigenvalue weighted by atomic mass is 32.2. The molecule has 1 aliphatic rings. The Kier molecular flexibility index (Phi) is 6.28. The summed E-state index contributed by atoms with van der Waals surface area (Å²) in [4.78, 5) is 6.81. The van der Waals surface area contributed by atoms with Crippen LogP contribution in [0.3, 0.4) is 0 Å². The summed E-state index contributed by atoms with van der Waals surface area (Å²) in [5.74, 6) is 0.571. The molecule has 0 spiro atoms. The number of rotatable bonds is 6. The van der Waals surface area contributed by atoms with Crippen molar-refractivity contribution in [3.8, 4) is 5.75 Å². The summed E-state index contributed by atoms with van der Waals surface area (Å²) in [6.45, 7) is 0.00753. The van der Waals surface area contributed by atoms with Gasteiger partial charge in [0, 0.05) is 27.7 Å². The van der Waals surface area contributed by atoms with Crippen LogP contribution in [0.5, 0.6) is 5.75 Å². The van der Waals surface area contributed by atoms with E-state index in [-0.39, 0.29) is 5.56 Å². The largest absolute Gasteiger partial charge is 0.489 e. The number of aliphatic hydroxyl groups is 2. The van der Waals surface area contributed by atoms with E-state index in [2.05, 4.69) is 9.71 Å². The molecule has 0 radical (unpaired) electrons. The molecule has 1 atom stereocenters. The normalized spacial score (nSPS) is 14.7. The molecule has 3 N–H and O–H groups in total. The molecule has 164 valence electrons. The van der Waals surface area contributed by atoms with Crippen LogP contribution in [-0.2, 0) is 6.18 Å². The molecular weight excluding hydrogens is 451 g/mol. The van der Waals surface area contributed by atoms with E-state index in [4.69, 9.17) is 4.74 Å². The van der Waals surface area contributed by atoms with Crippen LogP contribution >= 0.6 is 23.3 Å². The molecule has 2 heterocycles. The number of halogens is 3. The first kappa shape index (κ1) is 21.8. The number of thiazole rings is 1. The number of aliphatic hydroxyl groups excluding tert-OH is 2. The van der Waals surface area contributed by atoms with Crippen LogP contribution in [0.2, 0.25) is 0 Å². The van der Waals surface area contributed by atoms with E-state index in [0.29, 0.717) is 30.3 Å². The summed E-state index contributed by atoms with van der Waals surface area (Å²) < 4.78 is 48.4. The van der Waals surface area contributed by atoms with Crippen molar-refractivity contribution >= 4 is 39.8 Å². The smallest absolute Gasteiger partial charge is 0.416 e. The second-order valence-electron chi connectivity index (χ2n) is 6.64. The Hall–Kier alpha value is -2.47. The van der Waals surface area contributed by atoms with Crippen molar-refractivity contribution < 1.29 is 28.1 Å². The third-order valence-electron chi connectivity index (χ3n) is 4.66. The summed E-state index contributed by atoms with van der Waals surface area (Å²) in [7, 11) is 0. The summed E-state index contributed by atoms with van der Waals surface area (Å²) in [6, 6.07) is 8.68. The van der Waals surface area contributed by atoms with Gasteiger partial charge in [0.1, 0.15) is 18.5 Å². The van der Waals surface area contributed by atoms with Gasteiger partial charge >= 0.3 is 6.18 Å². The average Bonchev–Trinajstić information content (AvgIpc) is 3.29. The fourth-order valence-corrected chi connectivity index (χ4v) is 4.48. The molecule has 31 heavy (non-hydrogen) atoms. The van der Waals surface area contributed by atoms with Crippen molar-refractivity contribution in [3.05, 3.63) is 59.1 Å². The minimum Gasteiger partial charge on any atom is -0.489 e. The fraction of sp³-hybridized carbons (Fsp3) is 0.250. The quantitative estimate of drug-likeness (QED) is 0.446. The van der Waals surface area contributed by atoms with E-state index >= 15 is 0 Å². The highest BCUT2D eigenvalue weighted by Gasteiger charge is 2.33. The Morgan fingerprint density at radius 3 is 2.74 bits per heavy atom. The van der Waals surface area contributed by atoms with Crippen LogP contribution in [0, 0.1) is 0 Å². The zero-order chi connectivity index (χ0) is 22.0. The van der Waals surface area contributed by atoms with E-state index < -0.39 is 24.5 Å². The molecular formula is C20H18F3N3O3S2. The molecule has 2 aromatic carbocycles. The van der Waals surface area contributed by atoms with Gasteiger partial charge in [0.15, 0.2) is 5.13 Å². The maximum atomic E-state index is 13.2. The number of hydrogen-bond donors (Lipinski definition) is 3. The molecule has 0 bridgehead atoms. The second kappa shape index (κ2) is 8.95. The summed E-state index contributed by atoms with van der Waals surface area (Å²) in [5, 5.41) is 22.2. The van der Waals surface area contributed by atoms with Crippen LogP contribution in [0.15, 0.2) is 52.9 Å². The van der Waals surface area contributed by atoms with Gasteiger partial charge in [-0.2, -0.15) is 13.2 Å². The zero-order valence-electron chi connectivity index (χ0n) is 16.0. The molecule has 0 saturated heterocycles. The Morgan fingerprint density at radius 2 is 2.03 bits per heavy atom. The molecule has 1 unspecified atom stereocenters. The fourth-order valence-electron chi connectivity index (χ4n) is 3.23. The molecule has 11 heteroatoms. The van der Waals surface area contributed by atoms with Gasteiger partial charge in [-0.25, -0.2) is 4.98 Å². The third-order valence-corrected chi connectivity index (χ3v) is 6.26. The highest BCUT2D eigenvalue weighted by Crippen LogP contribution is 2.43. The number of nitrogens with one attached hydrogen (secondary N) is 1. The molecule has 6 nitrogen and oxygen atoms in total. The third kappa shape index (κ3) is 4.74. The van der Waals surface area contributed by atoms with Gasteiger partial charge in [0.2, 0.25) is 0 Å². The second-order valence-corrected chi connectivity index (χ2v) is 8.41. The number of alkyl halides is 3. The summed E-state index contributed by atoms with van der Waals surface area (Å²) in [6.07, 6.45) is -4.30. The van der Waals surface area contributed by atoms with Crippen molar-refractivity contribution in [1.29, 1.82) is 0 Å². The first-order chi connectivity index (χ1) is 14.9. The first-order valence-electron chi connectivity index (χ1n) is 9.23. The van der Waals surface area contributed by atoms with Crippen LogP contribution in [0.1, 0.15) is 17.2 Å². The Morgan fingerprint density at radius 1 is 1.23 bits per heavy atom. The lowest BCUT2D eigenvalue weighted by Gasteiger charge is -2.33.